The summed E-state index contributed by atoms with van der Waals surface area (Å²) in [5.74, 6) is 0.206. The fourth-order valence-electron chi connectivity index (χ4n) is 1.57. The maximum atomic E-state index is 13.7. The van der Waals surface area contributed by atoms with Gasteiger partial charge in [0.2, 0.25) is 0 Å². The molecule has 0 aliphatic carbocycles. The van der Waals surface area contributed by atoms with Crippen LogP contribution in [0.3, 0.4) is 0 Å². The summed E-state index contributed by atoms with van der Waals surface area (Å²) >= 11 is 0. The van der Waals surface area contributed by atoms with Gasteiger partial charge in [-0.25, -0.2) is 4.39 Å². The molecule has 1 aromatic heterocycles. The maximum absolute atomic E-state index is 13.7. The minimum Gasteiger partial charge on any atom is -0.491 e. The van der Waals surface area contributed by atoms with Crippen molar-refractivity contribution in [1.82, 2.24) is 10.2 Å². The summed E-state index contributed by atoms with van der Waals surface area (Å²) in [5.41, 5.74) is 7.64. The Kier molecular flexibility index (Phi) is 3.41. The number of nitrogens with zero attached hydrogens (tertiary/aromatic N) is 2. The van der Waals surface area contributed by atoms with Gasteiger partial charge in [-0.05, 0) is 43.7 Å². The van der Waals surface area contributed by atoms with Gasteiger partial charge in [-0.1, -0.05) is 0 Å². The third kappa shape index (κ3) is 2.40. The second-order valence-electron chi connectivity index (χ2n) is 3.88. The SMILES string of the molecule is CCOc1ccc(-c2cc(C)c(N)nn2)cc1F. The van der Waals surface area contributed by atoms with Crippen molar-refractivity contribution in [3.63, 3.8) is 0 Å². The first kappa shape index (κ1) is 12.3. The van der Waals surface area contributed by atoms with Gasteiger partial charge >= 0.3 is 0 Å². The van der Waals surface area contributed by atoms with Gasteiger partial charge in [0.15, 0.2) is 11.6 Å². The van der Waals surface area contributed by atoms with Crippen LogP contribution in [0.2, 0.25) is 0 Å². The number of halogens is 1. The number of nitrogens with two attached hydrogens (primary N) is 1. The molecule has 0 saturated carbocycles. The van der Waals surface area contributed by atoms with Crippen molar-refractivity contribution in [2.24, 2.45) is 0 Å². The highest BCUT2D eigenvalue weighted by Crippen LogP contribution is 2.25. The van der Waals surface area contributed by atoms with E-state index in [1.165, 1.54) is 6.07 Å². The summed E-state index contributed by atoms with van der Waals surface area (Å²) in [7, 11) is 0. The van der Waals surface area contributed by atoms with E-state index in [1.54, 1.807) is 18.2 Å². The lowest BCUT2D eigenvalue weighted by atomic mass is 10.1. The topological polar surface area (TPSA) is 61.0 Å². The summed E-state index contributed by atoms with van der Waals surface area (Å²) in [4.78, 5) is 0. The first-order chi connectivity index (χ1) is 8.61. The van der Waals surface area contributed by atoms with Crippen LogP contribution in [0.4, 0.5) is 10.2 Å². The zero-order valence-corrected chi connectivity index (χ0v) is 10.3. The highest BCUT2D eigenvalue weighted by Gasteiger charge is 2.08. The lowest BCUT2D eigenvalue weighted by Crippen LogP contribution is -1.99. The molecule has 0 aliphatic rings. The van der Waals surface area contributed by atoms with Gasteiger partial charge in [-0.15, -0.1) is 10.2 Å². The van der Waals surface area contributed by atoms with Crippen LogP contribution in [0.5, 0.6) is 5.75 Å². The second-order valence-corrected chi connectivity index (χ2v) is 3.88. The molecule has 2 N–H and O–H groups in total. The molecule has 1 aromatic carbocycles. The minimum atomic E-state index is -0.411. The van der Waals surface area contributed by atoms with Crippen molar-refractivity contribution in [2.75, 3.05) is 12.3 Å². The fraction of sp³-hybridized carbons (Fsp3) is 0.231. The predicted molar refractivity (Wildman–Crippen MR) is 67.7 cm³/mol. The average Bonchev–Trinajstić information content (AvgIpc) is 2.35. The number of anilines is 1. The van der Waals surface area contributed by atoms with E-state index in [-0.39, 0.29) is 5.75 Å². The van der Waals surface area contributed by atoms with E-state index >= 15 is 0 Å². The van der Waals surface area contributed by atoms with Crippen LogP contribution >= 0.6 is 0 Å². The third-order valence-corrected chi connectivity index (χ3v) is 2.55. The predicted octanol–water partition coefficient (Wildman–Crippen LogP) is 2.57. The Bertz CT molecular complexity index is 572. The van der Waals surface area contributed by atoms with Crippen LogP contribution in [-0.2, 0) is 0 Å². The Hall–Kier alpha value is -2.17. The molecule has 18 heavy (non-hydrogen) atoms. The Morgan fingerprint density at radius 3 is 2.67 bits per heavy atom. The summed E-state index contributed by atoms with van der Waals surface area (Å²) in [6.07, 6.45) is 0. The summed E-state index contributed by atoms with van der Waals surface area (Å²) < 4.78 is 18.8. The molecule has 0 spiro atoms. The molecule has 94 valence electrons. The standard InChI is InChI=1S/C13H14FN3O/c1-3-18-12-5-4-9(7-10(12)14)11-6-8(2)13(15)17-16-11/h4-7H,3H2,1-2H3,(H2,15,17). The molecule has 0 radical (unpaired) electrons. The van der Waals surface area contributed by atoms with Crippen molar-refractivity contribution in [1.29, 1.82) is 0 Å². The molecule has 2 rings (SSSR count). The molecule has 5 heteroatoms. The number of hydrogen-bond donors (Lipinski definition) is 1. The molecule has 0 atom stereocenters. The van der Waals surface area contributed by atoms with Gasteiger partial charge in [-0.2, -0.15) is 0 Å². The van der Waals surface area contributed by atoms with Gasteiger partial charge in [0.05, 0.1) is 12.3 Å². The molecule has 2 aromatic rings. The van der Waals surface area contributed by atoms with E-state index in [0.29, 0.717) is 23.7 Å². The first-order valence-electron chi connectivity index (χ1n) is 5.64. The molecule has 4 nitrogen and oxygen atoms in total. The molecular weight excluding hydrogens is 233 g/mol. The number of aromatic nitrogens is 2. The number of rotatable bonds is 3. The van der Waals surface area contributed by atoms with Crippen molar-refractivity contribution >= 4 is 5.82 Å². The monoisotopic (exact) mass is 247 g/mol. The number of hydrogen-bond acceptors (Lipinski definition) is 4. The van der Waals surface area contributed by atoms with Gasteiger partial charge in [0, 0.05) is 5.56 Å². The van der Waals surface area contributed by atoms with Gasteiger partial charge in [-0.3, -0.25) is 0 Å². The largest absolute Gasteiger partial charge is 0.491 e. The van der Waals surface area contributed by atoms with E-state index in [2.05, 4.69) is 10.2 Å². The highest BCUT2D eigenvalue weighted by molar-refractivity contribution is 5.62. The fourth-order valence-corrected chi connectivity index (χ4v) is 1.57. The van der Waals surface area contributed by atoms with E-state index in [1.807, 2.05) is 13.8 Å². The molecule has 0 amide bonds. The Morgan fingerprint density at radius 2 is 2.06 bits per heavy atom. The van der Waals surface area contributed by atoms with Crippen molar-refractivity contribution < 1.29 is 9.13 Å². The molecule has 0 saturated heterocycles. The molecule has 1 heterocycles. The van der Waals surface area contributed by atoms with Crippen molar-refractivity contribution in [3.8, 4) is 17.0 Å². The van der Waals surface area contributed by atoms with Gasteiger partial charge in [0.25, 0.3) is 0 Å². The third-order valence-electron chi connectivity index (χ3n) is 2.55. The van der Waals surface area contributed by atoms with Crippen LogP contribution in [0.25, 0.3) is 11.3 Å². The second kappa shape index (κ2) is 5.00. The Morgan fingerprint density at radius 1 is 1.28 bits per heavy atom. The van der Waals surface area contributed by atoms with E-state index in [9.17, 15) is 4.39 Å². The average molecular weight is 247 g/mol. The Balaban J connectivity index is 2.39. The number of benzene rings is 1. The van der Waals surface area contributed by atoms with Crippen LogP contribution in [0, 0.1) is 12.7 Å². The molecule has 0 fully saturated rings. The molecule has 0 aliphatic heterocycles. The lowest BCUT2D eigenvalue weighted by molar-refractivity contribution is 0.321. The molecule has 0 bridgehead atoms. The molecule has 0 unspecified atom stereocenters. The number of nitrogen functional groups attached to an aromatic ring is 1. The highest BCUT2D eigenvalue weighted by atomic mass is 19.1. The van der Waals surface area contributed by atoms with Gasteiger partial charge in [0.1, 0.15) is 5.82 Å². The van der Waals surface area contributed by atoms with Crippen LogP contribution in [0.1, 0.15) is 12.5 Å². The smallest absolute Gasteiger partial charge is 0.165 e. The summed E-state index contributed by atoms with van der Waals surface area (Å²) in [5, 5.41) is 7.76. The number of aryl methyl sites for hydroxylation is 1. The number of ether oxygens (including phenoxy) is 1. The zero-order chi connectivity index (χ0) is 13.1. The van der Waals surface area contributed by atoms with E-state index in [4.69, 9.17) is 10.5 Å². The first-order valence-corrected chi connectivity index (χ1v) is 5.64. The Labute approximate surface area is 105 Å². The molecular formula is C13H14FN3O. The zero-order valence-electron chi connectivity index (χ0n) is 10.3. The van der Waals surface area contributed by atoms with Crippen LogP contribution in [0.15, 0.2) is 24.3 Å². The lowest BCUT2D eigenvalue weighted by Gasteiger charge is -2.07. The normalized spacial score (nSPS) is 10.4. The quantitative estimate of drug-likeness (QED) is 0.905. The van der Waals surface area contributed by atoms with Crippen molar-refractivity contribution in [2.45, 2.75) is 13.8 Å². The summed E-state index contributed by atoms with van der Waals surface area (Å²) in [6.45, 7) is 4.07. The van der Waals surface area contributed by atoms with Crippen molar-refractivity contribution in [3.05, 3.63) is 35.6 Å². The summed E-state index contributed by atoms with van der Waals surface area (Å²) in [6, 6.07) is 6.48. The van der Waals surface area contributed by atoms with E-state index < -0.39 is 5.82 Å². The van der Waals surface area contributed by atoms with Crippen LogP contribution < -0.4 is 10.5 Å². The van der Waals surface area contributed by atoms with E-state index in [0.717, 1.165) is 5.56 Å². The minimum absolute atomic E-state index is 0.237. The van der Waals surface area contributed by atoms with Crippen LogP contribution in [-0.4, -0.2) is 16.8 Å². The van der Waals surface area contributed by atoms with Gasteiger partial charge < -0.3 is 10.5 Å². The maximum Gasteiger partial charge on any atom is 0.165 e.